The van der Waals surface area contributed by atoms with E-state index >= 15 is 0 Å². The molecule has 0 aliphatic heterocycles. The first-order chi connectivity index (χ1) is 11.0. The van der Waals surface area contributed by atoms with Crippen molar-refractivity contribution in [2.75, 3.05) is 7.11 Å². The summed E-state index contributed by atoms with van der Waals surface area (Å²) in [4.78, 5) is 12.1. The van der Waals surface area contributed by atoms with Crippen molar-refractivity contribution in [3.05, 3.63) is 58.1 Å². The van der Waals surface area contributed by atoms with Crippen molar-refractivity contribution in [3.8, 4) is 11.5 Å². The predicted octanol–water partition coefficient (Wildman–Crippen LogP) is 4.09. The van der Waals surface area contributed by atoms with Crippen molar-refractivity contribution in [1.82, 2.24) is 5.32 Å². The van der Waals surface area contributed by atoms with Gasteiger partial charge in [-0.2, -0.15) is 0 Å². The maximum absolute atomic E-state index is 12.1. The van der Waals surface area contributed by atoms with Gasteiger partial charge in [-0.3, -0.25) is 4.79 Å². The molecule has 0 unspecified atom stereocenters. The standard InChI is InChI=1S/C17H17Cl2NO3/c1-11(23-15-5-3-4-14(9-15)22-2)17(21)20-10-12-6-7-13(18)8-16(12)19/h3-9,11H,10H2,1-2H3,(H,20,21)/t11-/m0/s1. The molecule has 0 heterocycles. The zero-order valence-corrected chi connectivity index (χ0v) is 14.3. The van der Waals surface area contributed by atoms with Crippen molar-refractivity contribution in [2.24, 2.45) is 0 Å². The number of carbonyl (C=O) groups excluding carboxylic acids is 1. The molecule has 0 saturated carbocycles. The van der Waals surface area contributed by atoms with Gasteiger partial charge >= 0.3 is 0 Å². The smallest absolute Gasteiger partial charge is 0.261 e. The summed E-state index contributed by atoms with van der Waals surface area (Å²) in [6.45, 7) is 1.99. The Morgan fingerprint density at radius 1 is 1.17 bits per heavy atom. The van der Waals surface area contributed by atoms with E-state index < -0.39 is 6.10 Å². The Morgan fingerprint density at radius 3 is 2.61 bits per heavy atom. The van der Waals surface area contributed by atoms with Crippen LogP contribution < -0.4 is 14.8 Å². The third-order valence-electron chi connectivity index (χ3n) is 3.19. The number of hydrogen-bond acceptors (Lipinski definition) is 3. The molecule has 1 N–H and O–H groups in total. The van der Waals surface area contributed by atoms with Crippen molar-refractivity contribution < 1.29 is 14.3 Å². The van der Waals surface area contributed by atoms with Crippen LogP contribution in [0.1, 0.15) is 12.5 Å². The Bertz CT molecular complexity index is 691. The number of nitrogens with one attached hydrogen (secondary N) is 1. The molecule has 0 fully saturated rings. The Morgan fingerprint density at radius 2 is 1.91 bits per heavy atom. The fourth-order valence-corrected chi connectivity index (χ4v) is 2.40. The minimum absolute atomic E-state index is 0.237. The topological polar surface area (TPSA) is 47.6 Å². The summed E-state index contributed by atoms with van der Waals surface area (Å²) in [5.41, 5.74) is 0.790. The van der Waals surface area contributed by atoms with Crippen LogP contribution in [0.3, 0.4) is 0 Å². The van der Waals surface area contributed by atoms with Crippen molar-refractivity contribution in [2.45, 2.75) is 19.6 Å². The van der Waals surface area contributed by atoms with Crippen molar-refractivity contribution >= 4 is 29.1 Å². The molecule has 0 bridgehead atoms. The molecular formula is C17H17Cl2NO3. The maximum atomic E-state index is 12.1. The van der Waals surface area contributed by atoms with Gasteiger partial charge in [0.25, 0.3) is 5.91 Å². The number of ether oxygens (including phenoxy) is 2. The molecule has 23 heavy (non-hydrogen) atoms. The van der Waals surface area contributed by atoms with Crippen LogP contribution in [0.2, 0.25) is 10.0 Å². The first kappa shape index (κ1) is 17.4. The van der Waals surface area contributed by atoms with Crippen LogP contribution in [0.25, 0.3) is 0 Å². The number of benzene rings is 2. The molecule has 6 heteroatoms. The van der Waals surface area contributed by atoms with Gasteiger partial charge in [0.05, 0.1) is 7.11 Å². The second-order valence-corrected chi connectivity index (χ2v) is 5.74. The molecule has 0 saturated heterocycles. The Balaban J connectivity index is 1.91. The second-order valence-electron chi connectivity index (χ2n) is 4.89. The average molecular weight is 354 g/mol. The largest absolute Gasteiger partial charge is 0.497 e. The van der Waals surface area contributed by atoms with Crippen LogP contribution in [0.4, 0.5) is 0 Å². The van der Waals surface area contributed by atoms with Gasteiger partial charge in [0.2, 0.25) is 0 Å². The number of hydrogen-bond donors (Lipinski definition) is 1. The van der Waals surface area contributed by atoms with Gasteiger partial charge in [0, 0.05) is 22.7 Å². The maximum Gasteiger partial charge on any atom is 0.261 e. The normalized spacial score (nSPS) is 11.7. The molecule has 0 radical (unpaired) electrons. The molecule has 0 aromatic heterocycles. The fraction of sp³-hybridized carbons (Fsp3) is 0.235. The summed E-state index contributed by atoms with van der Waals surface area (Å²) in [5.74, 6) is 0.999. The Kier molecular flexibility index (Phi) is 6.13. The lowest BCUT2D eigenvalue weighted by Gasteiger charge is -2.15. The van der Waals surface area contributed by atoms with Gasteiger partial charge < -0.3 is 14.8 Å². The van der Waals surface area contributed by atoms with Crippen molar-refractivity contribution in [3.63, 3.8) is 0 Å². The van der Waals surface area contributed by atoms with Gasteiger partial charge in [-0.15, -0.1) is 0 Å². The highest BCUT2D eigenvalue weighted by Gasteiger charge is 2.15. The third kappa shape index (κ3) is 5.05. The van der Waals surface area contributed by atoms with Gasteiger partial charge in [-0.1, -0.05) is 35.3 Å². The van der Waals surface area contributed by atoms with Crippen molar-refractivity contribution in [1.29, 1.82) is 0 Å². The van der Waals surface area contributed by atoms with E-state index in [0.717, 1.165) is 5.56 Å². The van der Waals surface area contributed by atoms with Crippen LogP contribution in [-0.2, 0) is 11.3 Å². The SMILES string of the molecule is COc1cccc(O[C@@H](C)C(=O)NCc2ccc(Cl)cc2Cl)c1. The summed E-state index contributed by atoms with van der Waals surface area (Å²) in [7, 11) is 1.57. The number of rotatable bonds is 6. The summed E-state index contributed by atoms with van der Waals surface area (Å²) in [6, 6.07) is 12.2. The Hall–Kier alpha value is -1.91. The zero-order valence-electron chi connectivity index (χ0n) is 12.8. The molecule has 1 amide bonds. The van der Waals surface area contributed by atoms with Gasteiger partial charge in [-0.05, 0) is 36.8 Å². The van der Waals surface area contributed by atoms with Gasteiger partial charge in [0.1, 0.15) is 11.5 Å². The van der Waals surface area contributed by atoms with E-state index in [1.807, 2.05) is 0 Å². The van der Waals surface area contributed by atoms with E-state index in [1.165, 1.54) is 0 Å². The monoisotopic (exact) mass is 353 g/mol. The second kappa shape index (κ2) is 8.09. The lowest BCUT2D eigenvalue weighted by Crippen LogP contribution is -2.35. The van der Waals surface area contributed by atoms with E-state index in [-0.39, 0.29) is 5.91 Å². The third-order valence-corrected chi connectivity index (χ3v) is 3.78. The first-order valence-electron chi connectivity index (χ1n) is 7.02. The molecule has 4 nitrogen and oxygen atoms in total. The Labute approximate surface area is 145 Å². The van der Waals surface area contributed by atoms with Gasteiger partial charge in [-0.25, -0.2) is 0 Å². The van der Waals surface area contributed by atoms with Crippen LogP contribution in [0.5, 0.6) is 11.5 Å². The van der Waals surface area contributed by atoms with E-state index in [2.05, 4.69) is 5.32 Å². The molecule has 0 aliphatic carbocycles. The molecule has 2 rings (SSSR count). The lowest BCUT2D eigenvalue weighted by atomic mass is 10.2. The molecule has 2 aromatic carbocycles. The summed E-state index contributed by atoms with van der Waals surface area (Å²) >= 11 is 11.9. The number of carbonyl (C=O) groups is 1. The first-order valence-corrected chi connectivity index (χ1v) is 7.77. The van der Waals surface area contributed by atoms with Crippen LogP contribution in [0.15, 0.2) is 42.5 Å². The van der Waals surface area contributed by atoms with E-state index in [9.17, 15) is 4.79 Å². The summed E-state index contributed by atoms with van der Waals surface area (Å²) < 4.78 is 10.7. The van der Waals surface area contributed by atoms with E-state index in [1.54, 1.807) is 56.5 Å². The van der Waals surface area contributed by atoms with E-state index in [0.29, 0.717) is 28.1 Å². The number of halogens is 2. The predicted molar refractivity (Wildman–Crippen MR) is 91.4 cm³/mol. The zero-order chi connectivity index (χ0) is 16.8. The molecule has 2 aromatic rings. The summed E-state index contributed by atoms with van der Waals surface area (Å²) in [5, 5.41) is 3.85. The number of methoxy groups -OCH3 is 1. The highest BCUT2D eigenvalue weighted by Crippen LogP contribution is 2.21. The summed E-state index contributed by atoms with van der Waals surface area (Å²) in [6.07, 6.45) is -0.645. The highest BCUT2D eigenvalue weighted by molar-refractivity contribution is 6.35. The highest BCUT2D eigenvalue weighted by atomic mass is 35.5. The molecular weight excluding hydrogens is 337 g/mol. The van der Waals surface area contributed by atoms with Crippen LogP contribution >= 0.6 is 23.2 Å². The fourth-order valence-electron chi connectivity index (χ4n) is 1.92. The number of amides is 1. The van der Waals surface area contributed by atoms with E-state index in [4.69, 9.17) is 32.7 Å². The molecule has 1 atom stereocenters. The average Bonchev–Trinajstić information content (AvgIpc) is 2.54. The molecule has 0 spiro atoms. The lowest BCUT2D eigenvalue weighted by molar-refractivity contribution is -0.127. The minimum atomic E-state index is -0.645. The van der Waals surface area contributed by atoms with Crippen LogP contribution in [0, 0.1) is 0 Å². The quantitative estimate of drug-likeness (QED) is 0.850. The molecule has 122 valence electrons. The minimum Gasteiger partial charge on any atom is -0.497 e. The van der Waals surface area contributed by atoms with Crippen LogP contribution in [-0.4, -0.2) is 19.1 Å². The van der Waals surface area contributed by atoms with Gasteiger partial charge in [0.15, 0.2) is 6.10 Å². The molecule has 0 aliphatic rings.